The third-order valence-electron chi connectivity index (χ3n) is 5.18. The molecule has 1 aromatic rings. The van der Waals surface area contributed by atoms with Gasteiger partial charge in [-0.3, -0.25) is 9.59 Å². The SMILES string of the molecule is CC(=O)c1ccc(N2CCN(C(=O)C3CCCCC3)CC2)cc1. The maximum Gasteiger partial charge on any atom is 0.225 e. The maximum atomic E-state index is 12.6. The number of carbonyl (C=O) groups is 2. The van der Waals surface area contributed by atoms with E-state index in [4.69, 9.17) is 0 Å². The molecule has 4 heteroatoms. The summed E-state index contributed by atoms with van der Waals surface area (Å²) in [6, 6.07) is 7.79. The lowest BCUT2D eigenvalue weighted by Gasteiger charge is -2.38. The Balaban J connectivity index is 1.55. The van der Waals surface area contributed by atoms with E-state index in [2.05, 4.69) is 9.80 Å². The van der Waals surface area contributed by atoms with E-state index in [1.165, 1.54) is 19.3 Å². The van der Waals surface area contributed by atoms with Crippen molar-refractivity contribution in [3.05, 3.63) is 29.8 Å². The largest absolute Gasteiger partial charge is 0.368 e. The quantitative estimate of drug-likeness (QED) is 0.805. The third-order valence-corrected chi connectivity index (χ3v) is 5.18. The van der Waals surface area contributed by atoms with Gasteiger partial charge in [0.1, 0.15) is 0 Å². The van der Waals surface area contributed by atoms with Crippen LogP contribution in [0.15, 0.2) is 24.3 Å². The molecule has 4 nitrogen and oxygen atoms in total. The first-order valence-corrected chi connectivity index (χ1v) is 8.80. The number of rotatable bonds is 3. The molecule has 0 spiro atoms. The zero-order valence-corrected chi connectivity index (χ0v) is 14.0. The van der Waals surface area contributed by atoms with Gasteiger partial charge in [-0.25, -0.2) is 0 Å². The Kier molecular flexibility index (Phi) is 4.99. The maximum absolute atomic E-state index is 12.6. The summed E-state index contributed by atoms with van der Waals surface area (Å²) in [6.45, 7) is 4.95. The predicted octanol–water partition coefficient (Wildman–Crippen LogP) is 3.12. The van der Waals surface area contributed by atoms with Crippen LogP contribution < -0.4 is 4.90 Å². The Labute approximate surface area is 138 Å². The number of ketones is 1. The first-order chi connectivity index (χ1) is 11.1. The molecule has 1 aromatic carbocycles. The molecule has 3 rings (SSSR count). The summed E-state index contributed by atoms with van der Waals surface area (Å²) in [5.41, 5.74) is 1.89. The standard InChI is InChI=1S/C19H26N2O2/c1-15(22)16-7-9-18(10-8-16)20-11-13-21(14-12-20)19(23)17-5-3-2-4-6-17/h7-10,17H,2-6,11-14H2,1H3. The highest BCUT2D eigenvalue weighted by molar-refractivity contribution is 5.94. The minimum absolute atomic E-state index is 0.0967. The molecule has 0 bridgehead atoms. The van der Waals surface area contributed by atoms with Gasteiger partial charge in [0.25, 0.3) is 0 Å². The second-order valence-corrected chi connectivity index (χ2v) is 6.75. The molecule has 0 aromatic heterocycles. The molecule has 23 heavy (non-hydrogen) atoms. The summed E-state index contributed by atoms with van der Waals surface area (Å²) in [5.74, 6) is 0.737. The molecule has 2 fully saturated rings. The van der Waals surface area contributed by atoms with Gasteiger partial charge >= 0.3 is 0 Å². The molecule has 0 N–H and O–H groups in total. The minimum atomic E-state index is 0.0967. The average molecular weight is 314 g/mol. The number of amides is 1. The molecule has 0 unspecified atom stereocenters. The Morgan fingerprint density at radius 1 is 0.913 bits per heavy atom. The van der Waals surface area contributed by atoms with Crippen LogP contribution in [0.25, 0.3) is 0 Å². The molecule has 0 radical (unpaired) electrons. The fraction of sp³-hybridized carbons (Fsp3) is 0.579. The van der Waals surface area contributed by atoms with Crippen molar-refractivity contribution in [2.45, 2.75) is 39.0 Å². The molecular formula is C19H26N2O2. The van der Waals surface area contributed by atoms with Crippen LogP contribution >= 0.6 is 0 Å². The fourth-order valence-electron chi connectivity index (χ4n) is 3.70. The van der Waals surface area contributed by atoms with E-state index in [0.29, 0.717) is 5.91 Å². The van der Waals surface area contributed by atoms with Gasteiger partial charge in [0, 0.05) is 43.3 Å². The molecule has 0 atom stereocenters. The molecule has 1 aliphatic carbocycles. The normalized spacial score (nSPS) is 19.7. The summed E-state index contributed by atoms with van der Waals surface area (Å²) in [6.07, 6.45) is 5.85. The summed E-state index contributed by atoms with van der Waals surface area (Å²) in [5, 5.41) is 0. The van der Waals surface area contributed by atoms with Gasteiger partial charge in [0.05, 0.1) is 0 Å². The fourth-order valence-corrected chi connectivity index (χ4v) is 3.70. The summed E-state index contributed by atoms with van der Waals surface area (Å²) >= 11 is 0. The summed E-state index contributed by atoms with van der Waals surface area (Å²) in [7, 11) is 0. The molecule has 1 aliphatic heterocycles. The lowest BCUT2D eigenvalue weighted by atomic mass is 9.88. The highest BCUT2D eigenvalue weighted by atomic mass is 16.2. The van der Waals surface area contributed by atoms with Crippen LogP contribution in [-0.2, 0) is 4.79 Å². The van der Waals surface area contributed by atoms with E-state index in [9.17, 15) is 9.59 Å². The number of hydrogen-bond acceptors (Lipinski definition) is 3. The van der Waals surface area contributed by atoms with Crippen molar-refractivity contribution in [1.29, 1.82) is 0 Å². The van der Waals surface area contributed by atoms with Crippen LogP contribution in [0.2, 0.25) is 0 Å². The zero-order valence-electron chi connectivity index (χ0n) is 14.0. The van der Waals surface area contributed by atoms with E-state index in [0.717, 1.165) is 50.3 Å². The topological polar surface area (TPSA) is 40.6 Å². The molecule has 2 aliphatic rings. The van der Waals surface area contributed by atoms with Crippen LogP contribution in [0.5, 0.6) is 0 Å². The van der Waals surface area contributed by atoms with E-state index in [1.807, 2.05) is 24.3 Å². The highest BCUT2D eigenvalue weighted by Crippen LogP contribution is 2.26. The number of benzene rings is 1. The van der Waals surface area contributed by atoms with Crippen LogP contribution in [0.4, 0.5) is 5.69 Å². The van der Waals surface area contributed by atoms with Gasteiger partial charge in [-0.2, -0.15) is 0 Å². The highest BCUT2D eigenvalue weighted by Gasteiger charge is 2.28. The van der Waals surface area contributed by atoms with Crippen molar-refractivity contribution in [3.8, 4) is 0 Å². The Bertz CT molecular complexity index is 553. The number of nitrogens with zero attached hydrogens (tertiary/aromatic N) is 2. The monoisotopic (exact) mass is 314 g/mol. The Hall–Kier alpha value is -1.84. The summed E-state index contributed by atoms with van der Waals surface area (Å²) in [4.78, 5) is 28.3. The number of anilines is 1. The number of carbonyl (C=O) groups excluding carboxylic acids is 2. The second kappa shape index (κ2) is 7.16. The lowest BCUT2D eigenvalue weighted by molar-refractivity contribution is -0.136. The minimum Gasteiger partial charge on any atom is -0.368 e. The van der Waals surface area contributed by atoms with E-state index >= 15 is 0 Å². The molecular weight excluding hydrogens is 288 g/mol. The van der Waals surface area contributed by atoms with Gasteiger partial charge in [-0.1, -0.05) is 19.3 Å². The number of piperazine rings is 1. The van der Waals surface area contributed by atoms with Crippen molar-refractivity contribution in [2.75, 3.05) is 31.1 Å². The Morgan fingerprint density at radius 2 is 1.52 bits per heavy atom. The molecule has 1 saturated heterocycles. The van der Waals surface area contributed by atoms with Gasteiger partial charge in [-0.05, 0) is 44.0 Å². The smallest absolute Gasteiger partial charge is 0.225 e. The van der Waals surface area contributed by atoms with Crippen molar-refractivity contribution >= 4 is 17.4 Å². The van der Waals surface area contributed by atoms with Crippen molar-refractivity contribution in [1.82, 2.24) is 4.90 Å². The van der Waals surface area contributed by atoms with Gasteiger partial charge in [0.15, 0.2) is 5.78 Å². The van der Waals surface area contributed by atoms with Crippen molar-refractivity contribution < 1.29 is 9.59 Å². The third kappa shape index (κ3) is 3.74. The lowest BCUT2D eigenvalue weighted by Crippen LogP contribution is -2.50. The van der Waals surface area contributed by atoms with Gasteiger partial charge < -0.3 is 9.80 Å². The molecule has 1 amide bonds. The first kappa shape index (κ1) is 16.0. The van der Waals surface area contributed by atoms with Crippen molar-refractivity contribution in [3.63, 3.8) is 0 Å². The van der Waals surface area contributed by atoms with Crippen molar-refractivity contribution in [2.24, 2.45) is 5.92 Å². The van der Waals surface area contributed by atoms with E-state index in [1.54, 1.807) is 6.92 Å². The van der Waals surface area contributed by atoms with Crippen LogP contribution in [0.1, 0.15) is 49.4 Å². The first-order valence-electron chi connectivity index (χ1n) is 8.80. The zero-order chi connectivity index (χ0) is 16.2. The molecule has 124 valence electrons. The molecule has 1 heterocycles. The summed E-state index contributed by atoms with van der Waals surface area (Å²) < 4.78 is 0. The second-order valence-electron chi connectivity index (χ2n) is 6.75. The number of hydrogen-bond donors (Lipinski definition) is 0. The van der Waals surface area contributed by atoms with Crippen LogP contribution in [-0.4, -0.2) is 42.8 Å². The van der Waals surface area contributed by atoms with Crippen LogP contribution in [0.3, 0.4) is 0 Å². The molecule has 1 saturated carbocycles. The number of Topliss-reactive ketones (excluding diaryl/α,β-unsaturated/α-hetero) is 1. The van der Waals surface area contributed by atoms with E-state index < -0.39 is 0 Å². The predicted molar refractivity (Wildman–Crippen MR) is 91.8 cm³/mol. The Morgan fingerprint density at radius 3 is 2.09 bits per heavy atom. The van der Waals surface area contributed by atoms with E-state index in [-0.39, 0.29) is 11.7 Å². The van der Waals surface area contributed by atoms with Gasteiger partial charge in [-0.15, -0.1) is 0 Å². The average Bonchev–Trinajstić information content (AvgIpc) is 2.62. The van der Waals surface area contributed by atoms with Gasteiger partial charge in [0.2, 0.25) is 5.91 Å². The van der Waals surface area contributed by atoms with Crippen LogP contribution in [0, 0.1) is 5.92 Å².